The van der Waals surface area contributed by atoms with Crippen molar-refractivity contribution in [2.24, 2.45) is 0 Å². The topological polar surface area (TPSA) is 79.3 Å². The number of aliphatic hydroxyl groups is 1. The first-order valence-corrected chi connectivity index (χ1v) is 10.8. The van der Waals surface area contributed by atoms with Gasteiger partial charge < -0.3 is 14.6 Å². The molecule has 0 aromatic heterocycles. The number of benzene rings is 1. The van der Waals surface area contributed by atoms with E-state index in [0.29, 0.717) is 45.1 Å². The Balaban J connectivity index is 1.86. The fourth-order valence-electron chi connectivity index (χ4n) is 2.87. The fourth-order valence-corrected chi connectivity index (χ4v) is 4.30. The van der Waals surface area contributed by atoms with Gasteiger partial charge in [0, 0.05) is 32.7 Å². The maximum absolute atomic E-state index is 12.8. The smallest absolute Gasteiger partial charge is 0.243 e. The zero-order chi connectivity index (χ0) is 20.1. The van der Waals surface area contributed by atoms with Gasteiger partial charge >= 0.3 is 0 Å². The van der Waals surface area contributed by atoms with Crippen molar-refractivity contribution in [3.05, 3.63) is 24.3 Å². The molecule has 154 valence electrons. The molecule has 0 aliphatic carbocycles. The molecule has 0 amide bonds. The molecule has 1 atom stereocenters. The summed E-state index contributed by atoms with van der Waals surface area (Å²) in [4.78, 5) is 2.35. The lowest BCUT2D eigenvalue weighted by molar-refractivity contribution is -0.0575. The minimum Gasteiger partial charge on any atom is -0.494 e. The average Bonchev–Trinajstić information content (AvgIpc) is 2.61. The van der Waals surface area contributed by atoms with Crippen LogP contribution in [0, 0.1) is 0 Å². The van der Waals surface area contributed by atoms with Gasteiger partial charge in [-0.15, -0.1) is 0 Å². The van der Waals surface area contributed by atoms with E-state index in [2.05, 4.69) is 4.90 Å². The molecule has 1 aromatic carbocycles. The van der Waals surface area contributed by atoms with Crippen LogP contribution in [0.4, 0.5) is 0 Å². The molecule has 1 heterocycles. The molecule has 1 aliphatic heterocycles. The molecule has 27 heavy (non-hydrogen) atoms. The van der Waals surface area contributed by atoms with Gasteiger partial charge in [-0.3, -0.25) is 4.90 Å². The van der Waals surface area contributed by atoms with E-state index >= 15 is 0 Å². The van der Waals surface area contributed by atoms with E-state index in [9.17, 15) is 13.5 Å². The largest absolute Gasteiger partial charge is 0.494 e. The highest BCUT2D eigenvalue weighted by Gasteiger charge is 2.29. The van der Waals surface area contributed by atoms with E-state index in [1.807, 2.05) is 27.7 Å². The van der Waals surface area contributed by atoms with Crippen LogP contribution < -0.4 is 4.74 Å². The molecule has 0 bridgehead atoms. The minimum atomic E-state index is -3.51. The number of hydrogen-bond donors (Lipinski definition) is 1. The summed E-state index contributed by atoms with van der Waals surface area (Å²) < 4.78 is 38.0. The molecule has 1 aromatic rings. The van der Waals surface area contributed by atoms with E-state index in [1.165, 1.54) is 4.31 Å². The summed E-state index contributed by atoms with van der Waals surface area (Å²) in [5.41, 5.74) is -0.286. The van der Waals surface area contributed by atoms with Gasteiger partial charge in [0.1, 0.15) is 5.75 Å². The first-order chi connectivity index (χ1) is 12.6. The lowest BCUT2D eigenvalue weighted by Gasteiger charge is -2.35. The molecule has 1 fully saturated rings. The van der Waals surface area contributed by atoms with Gasteiger partial charge in [-0.2, -0.15) is 4.31 Å². The van der Waals surface area contributed by atoms with Gasteiger partial charge in [-0.1, -0.05) is 0 Å². The third-order valence-electron chi connectivity index (χ3n) is 4.28. The molecule has 1 aliphatic rings. The first-order valence-electron chi connectivity index (χ1n) is 9.39. The van der Waals surface area contributed by atoms with Crippen molar-refractivity contribution in [1.82, 2.24) is 9.21 Å². The molecular weight excluding hydrogens is 368 g/mol. The van der Waals surface area contributed by atoms with Gasteiger partial charge in [0.25, 0.3) is 0 Å². The Bertz CT molecular complexity index is 677. The van der Waals surface area contributed by atoms with E-state index in [1.54, 1.807) is 24.3 Å². The number of sulfonamides is 1. The van der Waals surface area contributed by atoms with Crippen molar-refractivity contribution >= 4 is 10.0 Å². The van der Waals surface area contributed by atoms with E-state index in [0.717, 1.165) is 0 Å². The normalized spacial score (nSPS) is 18.4. The Hall–Kier alpha value is -1.19. The highest BCUT2D eigenvalue weighted by atomic mass is 32.2. The van der Waals surface area contributed by atoms with Crippen molar-refractivity contribution in [3.63, 3.8) is 0 Å². The number of β-amino-alcohol motifs (C(OH)–C–C–N with tert-alkyl or cyclic N) is 1. The lowest BCUT2D eigenvalue weighted by atomic mass is 10.2. The Kier molecular flexibility index (Phi) is 7.64. The van der Waals surface area contributed by atoms with Crippen LogP contribution in [0.15, 0.2) is 29.2 Å². The van der Waals surface area contributed by atoms with Crippen molar-refractivity contribution in [1.29, 1.82) is 0 Å². The predicted octanol–water partition coefficient (Wildman–Crippen LogP) is 1.57. The van der Waals surface area contributed by atoms with Crippen molar-refractivity contribution in [2.45, 2.75) is 44.3 Å². The third-order valence-corrected chi connectivity index (χ3v) is 6.19. The fraction of sp³-hybridized carbons (Fsp3) is 0.684. The molecule has 2 rings (SSSR count). The summed E-state index contributed by atoms with van der Waals surface area (Å²) in [5.74, 6) is 0.660. The van der Waals surface area contributed by atoms with Crippen molar-refractivity contribution in [2.75, 3.05) is 45.9 Å². The second-order valence-electron chi connectivity index (χ2n) is 7.69. The molecule has 0 radical (unpaired) electrons. The summed E-state index contributed by atoms with van der Waals surface area (Å²) in [7, 11) is -3.51. The Labute approximate surface area is 162 Å². The van der Waals surface area contributed by atoms with Crippen LogP contribution in [0.5, 0.6) is 5.75 Å². The monoisotopic (exact) mass is 400 g/mol. The summed E-state index contributed by atoms with van der Waals surface area (Å²) in [5, 5.41) is 10.1. The van der Waals surface area contributed by atoms with Crippen LogP contribution in [0.3, 0.4) is 0 Å². The number of piperazine rings is 1. The average molecular weight is 401 g/mol. The second-order valence-corrected chi connectivity index (χ2v) is 9.62. The Morgan fingerprint density at radius 3 is 2.22 bits per heavy atom. The summed E-state index contributed by atoms with van der Waals surface area (Å²) in [6, 6.07) is 6.52. The number of aliphatic hydroxyl groups excluding tert-OH is 1. The molecular formula is C19H32N2O5S. The first kappa shape index (κ1) is 22.1. The number of rotatable bonds is 8. The van der Waals surface area contributed by atoms with Gasteiger partial charge in [0.15, 0.2) is 0 Å². The van der Waals surface area contributed by atoms with Crippen LogP contribution in [0.25, 0.3) is 0 Å². The van der Waals surface area contributed by atoms with Crippen LogP contribution >= 0.6 is 0 Å². The van der Waals surface area contributed by atoms with Crippen LogP contribution in [-0.4, -0.2) is 80.4 Å². The van der Waals surface area contributed by atoms with Gasteiger partial charge in [0.05, 0.1) is 29.8 Å². The van der Waals surface area contributed by atoms with Crippen molar-refractivity contribution < 1.29 is 23.0 Å². The maximum Gasteiger partial charge on any atom is 0.243 e. The number of nitrogens with zero attached hydrogens (tertiary/aromatic N) is 2. The van der Waals surface area contributed by atoms with Crippen LogP contribution in [-0.2, 0) is 14.8 Å². The Morgan fingerprint density at radius 1 is 1.11 bits per heavy atom. The molecule has 0 unspecified atom stereocenters. The number of ether oxygens (including phenoxy) is 2. The van der Waals surface area contributed by atoms with Crippen LogP contribution in [0.1, 0.15) is 27.7 Å². The highest BCUT2D eigenvalue weighted by Crippen LogP contribution is 2.21. The highest BCUT2D eigenvalue weighted by molar-refractivity contribution is 7.89. The minimum absolute atomic E-state index is 0.272. The van der Waals surface area contributed by atoms with Gasteiger partial charge in [-0.05, 0) is 52.0 Å². The summed E-state index contributed by atoms with van der Waals surface area (Å²) in [6.45, 7) is 11.0. The van der Waals surface area contributed by atoms with Crippen LogP contribution in [0.2, 0.25) is 0 Å². The molecule has 1 N–H and O–H groups in total. The maximum atomic E-state index is 12.8. The molecule has 8 heteroatoms. The molecule has 0 spiro atoms. The zero-order valence-corrected chi connectivity index (χ0v) is 17.5. The predicted molar refractivity (Wildman–Crippen MR) is 105 cm³/mol. The summed E-state index contributed by atoms with van der Waals surface area (Å²) in [6.07, 6.45) is -0.585. The molecule has 1 saturated heterocycles. The molecule has 0 saturated carbocycles. The second kappa shape index (κ2) is 9.34. The van der Waals surface area contributed by atoms with Crippen molar-refractivity contribution in [3.8, 4) is 5.75 Å². The Morgan fingerprint density at radius 2 is 1.70 bits per heavy atom. The van der Waals surface area contributed by atoms with Gasteiger partial charge in [0.2, 0.25) is 10.0 Å². The quantitative estimate of drug-likeness (QED) is 0.714. The third kappa shape index (κ3) is 6.73. The zero-order valence-electron chi connectivity index (χ0n) is 16.7. The summed E-state index contributed by atoms with van der Waals surface area (Å²) >= 11 is 0. The van der Waals surface area contributed by atoms with Gasteiger partial charge in [-0.25, -0.2) is 8.42 Å². The standard InChI is InChI=1S/C19H32N2O5S/c1-5-25-17-6-8-18(9-7-17)27(23,24)21-12-10-20(11-13-21)14-16(22)15-26-19(2,3)4/h6-9,16,22H,5,10-15H2,1-4H3/t16-/m0/s1. The SMILES string of the molecule is CCOc1ccc(S(=O)(=O)N2CCN(C[C@H](O)COC(C)(C)C)CC2)cc1. The number of hydrogen-bond acceptors (Lipinski definition) is 6. The molecule has 7 nitrogen and oxygen atoms in total. The van der Waals surface area contributed by atoms with E-state index in [-0.39, 0.29) is 17.1 Å². The van der Waals surface area contributed by atoms with E-state index < -0.39 is 16.1 Å². The lowest BCUT2D eigenvalue weighted by Crippen LogP contribution is -2.50. The van der Waals surface area contributed by atoms with E-state index in [4.69, 9.17) is 9.47 Å².